The molecule has 10 heteroatoms. The van der Waals surface area contributed by atoms with E-state index in [1.165, 1.54) is 13.3 Å². The molecule has 3 aromatic rings. The molecule has 1 aliphatic heterocycles. The van der Waals surface area contributed by atoms with Gasteiger partial charge in [-0.3, -0.25) is 9.59 Å². The molecule has 30 heavy (non-hydrogen) atoms. The molecule has 156 valence electrons. The van der Waals surface area contributed by atoms with Gasteiger partial charge in [-0.25, -0.2) is 9.50 Å². The minimum absolute atomic E-state index is 0.0136. The molecule has 3 heterocycles. The third-order valence-corrected chi connectivity index (χ3v) is 4.89. The van der Waals surface area contributed by atoms with E-state index in [1.54, 1.807) is 23.6 Å². The van der Waals surface area contributed by atoms with Gasteiger partial charge >= 0.3 is 5.97 Å². The van der Waals surface area contributed by atoms with Crippen LogP contribution in [0, 0.1) is 13.8 Å². The van der Waals surface area contributed by atoms with Gasteiger partial charge in [0.25, 0.3) is 11.7 Å². The van der Waals surface area contributed by atoms with E-state index in [1.807, 2.05) is 13.0 Å². The van der Waals surface area contributed by atoms with Crippen LogP contribution in [0.3, 0.4) is 0 Å². The third kappa shape index (κ3) is 3.88. The highest BCUT2D eigenvalue weighted by molar-refractivity contribution is 5.84. The van der Waals surface area contributed by atoms with Gasteiger partial charge in [0, 0.05) is 23.5 Å². The Bertz CT molecular complexity index is 1130. The average molecular weight is 411 g/mol. The molecule has 0 aliphatic carbocycles. The molecule has 1 aliphatic rings. The minimum Gasteiger partial charge on any atom is -0.454 e. The second-order valence-electron chi connectivity index (χ2n) is 6.95. The Hall–Kier alpha value is -3.69. The summed E-state index contributed by atoms with van der Waals surface area (Å²) in [6.45, 7) is 5.64. The Labute approximate surface area is 172 Å². The molecule has 1 aromatic carbocycles. The molecular weight excluding hydrogens is 390 g/mol. The fraction of sp³-hybridized carbons (Fsp3) is 0.350. The predicted octanol–water partition coefficient (Wildman–Crippen LogP) is 1.26. The summed E-state index contributed by atoms with van der Waals surface area (Å²) in [4.78, 5) is 33.1. The van der Waals surface area contributed by atoms with Crippen molar-refractivity contribution >= 4 is 17.7 Å². The molecule has 1 N–H and O–H groups in total. The molecule has 0 saturated carbocycles. The molecule has 0 radical (unpaired) electrons. The van der Waals surface area contributed by atoms with E-state index in [2.05, 4.69) is 20.4 Å². The van der Waals surface area contributed by atoms with Crippen LogP contribution in [0.25, 0.3) is 5.78 Å². The molecule has 0 bridgehead atoms. The zero-order valence-corrected chi connectivity index (χ0v) is 16.8. The van der Waals surface area contributed by atoms with E-state index in [0.717, 1.165) is 11.3 Å². The Balaban J connectivity index is 1.33. The first-order valence-electron chi connectivity index (χ1n) is 9.44. The SMILES string of the molecule is Cc1nc2ncnn2c(C)c1CC(=O)O[C@@H](C)C(=O)NCc1ccc2c(c1)OCO2. The lowest BCUT2D eigenvalue weighted by molar-refractivity contribution is -0.154. The van der Waals surface area contributed by atoms with Gasteiger partial charge in [0.2, 0.25) is 6.79 Å². The number of amides is 1. The van der Waals surface area contributed by atoms with Crippen LogP contribution in [0.1, 0.15) is 29.4 Å². The number of hydrogen-bond donors (Lipinski definition) is 1. The van der Waals surface area contributed by atoms with Crippen LogP contribution in [0.2, 0.25) is 0 Å². The summed E-state index contributed by atoms with van der Waals surface area (Å²) in [6, 6.07) is 5.43. The van der Waals surface area contributed by atoms with Crippen LogP contribution in [0.4, 0.5) is 0 Å². The van der Waals surface area contributed by atoms with Crippen molar-refractivity contribution in [3.8, 4) is 11.5 Å². The monoisotopic (exact) mass is 411 g/mol. The molecule has 1 atom stereocenters. The highest BCUT2D eigenvalue weighted by Crippen LogP contribution is 2.32. The Kier molecular flexibility index (Phi) is 5.21. The standard InChI is InChI=1S/C20H21N5O5/c1-11-15(12(2)25-20(24-11)22-9-23-25)7-18(26)30-13(3)19(27)21-8-14-4-5-16-17(6-14)29-10-28-16/h4-6,9,13H,7-8,10H2,1-3H3,(H,21,27)/t13-/m0/s1. The van der Waals surface area contributed by atoms with Crippen molar-refractivity contribution in [1.29, 1.82) is 0 Å². The van der Waals surface area contributed by atoms with Crippen molar-refractivity contribution in [2.45, 2.75) is 39.8 Å². The lowest BCUT2D eigenvalue weighted by Crippen LogP contribution is -2.35. The van der Waals surface area contributed by atoms with E-state index in [0.29, 0.717) is 28.5 Å². The first-order valence-corrected chi connectivity index (χ1v) is 9.44. The predicted molar refractivity (Wildman–Crippen MR) is 104 cm³/mol. The van der Waals surface area contributed by atoms with Gasteiger partial charge in [-0.1, -0.05) is 6.07 Å². The number of esters is 1. The smallest absolute Gasteiger partial charge is 0.311 e. The van der Waals surface area contributed by atoms with E-state index < -0.39 is 12.1 Å². The number of hydrogen-bond acceptors (Lipinski definition) is 8. The van der Waals surface area contributed by atoms with Crippen molar-refractivity contribution < 1.29 is 23.8 Å². The van der Waals surface area contributed by atoms with E-state index in [-0.39, 0.29) is 25.7 Å². The van der Waals surface area contributed by atoms with Crippen LogP contribution in [0.5, 0.6) is 11.5 Å². The fourth-order valence-corrected chi connectivity index (χ4v) is 3.23. The summed E-state index contributed by atoms with van der Waals surface area (Å²) in [5.74, 6) is 0.882. The van der Waals surface area contributed by atoms with Gasteiger partial charge in [0.05, 0.1) is 6.42 Å². The second kappa shape index (κ2) is 7.97. The Morgan fingerprint density at radius 2 is 2.07 bits per heavy atom. The van der Waals surface area contributed by atoms with E-state index >= 15 is 0 Å². The molecular formula is C20H21N5O5. The maximum absolute atomic E-state index is 12.4. The summed E-state index contributed by atoms with van der Waals surface area (Å²) < 4.78 is 17.5. The van der Waals surface area contributed by atoms with Crippen molar-refractivity contribution in [1.82, 2.24) is 24.9 Å². The topological polar surface area (TPSA) is 117 Å². The van der Waals surface area contributed by atoms with Crippen LogP contribution in [-0.4, -0.2) is 44.4 Å². The number of aromatic nitrogens is 4. The highest BCUT2D eigenvalue weighted by Gasteiger charge is 2.21. The van der Waals surface area contributed by atoms with Gasteiger partial charge < -0.3 is 19.5 Å². The summed E-state index contributed by atoms with van der Waals surface area (Å²) >= 11 is 0. The summed E-state index contributed by atoms with van der Waals surface area (Å²) in [7, 11) is 0. The molecule has 0 fully saturated rings. The minimum atomic E-state index is -0.935. The quantitative estimate of drug-likeness (QED) is 0.603. The molecule has 1 amide bonds. The van der Waals surface area contributed by atoms with Crippen molar-refractivity contribution in [2.75, 3.05) is 6.79 Å². The van der Waals surface area contributed by atoms with Crippen LogP contribution >= 0.6 is 0 Å². The highest BCUT2D eigenvalue weighted by atomic mass is 16.7. The van der Waals surface area contributed by atoms with Gasteiger partial charge in [-0.2, -0.15) is 10.1 Å². The van der Waals surface area contributed by atoms with Crippen molar-refractivity contribution in [3.05, 3.63) is 47.0 Å². The Morgan fingerprint density at radius 1 is 1.27 bits per heavy atom. The first-order chi connectivity index (χ1) is 14.4. The van der Waals surface area contributed by atoms with Crippen LogP contribution in [-0.2, 0) is 27.3 Å². The molecule has 2 aromatic heterocycles. The normalized spacial score (nSPS) is 13.3. The first kappa shape index (κ1) is 19.6. The van der Waals surface area contributed by atoms with Crippen LogP contribution < -0.4 is 14.8 Å². The third-order valence-electron chi connectivity index (χ3n) is 4.89. The molecule has 0 unspecified atom stereocenters. The number of carbonyl (C=O) groups is 2. The Morgan fingerprint density at radius 3 is 2.90 bits per heavy atom. The molecule has 10 nitrogen and oxygen atoms in total. The van der Waals surface area contributed by atoms with Crippen molar-refractivity contribution in [2.24, 2.45) is 0 Å². The number of nitrogens with zero attached hydrogens (tertiary/aromatic N) is 4. The second-order valence-corrected chi connectivity index (χ2v) is 6.95. The number of rotatable bonds is 6. The molecule has 0 spiro atoms. The maximum Gasteiger partial charge on any atom is 0.311 e. The number of nitrogens with one attached hydrogen (secondary N) is 1. The largest absolute Gasteiger partial charge is 0.454 e. The number of carbonyl (C=O) groups excluding carboxylic acids is 2. The lowest BCUT2D eigenvalue weighted by atomic mass is 10.1. The average Bonchev–Trinajstić information content (AvgIpc) is 3.37. The molecule has 4 rings (SSSR count). The van der Waals surface area contributed by atoms with Gasteiger partial charge in [-0.15, -0.1) is 0 Å². The van der Waals surface area contributed by atoms with Gasteiger partial charge in [0.15, 0.2) is 17.6 Å². The summed E-state index contributed by atoms with van der Waals surface area (Å²) in [6.07, 6.45) is 0.458. The number of ether oxygens (including phenoxy) is 3. The zero-order valence-electron chi connectivity index (χ0n) is 16.8. The van der Waals surface area contributed by atoms with Crippen LogP contribution in [0.15, 0.2) is 24.5 Å². The van der Waals surface area contributed by atoms with Gasteiger partial charge in [-0.05, 0) is 38.5 Å². The number of benzene rings is 1. The van der Waals surface area contributed by atoms with E-state index in [9.17, 15) is 9.59 Å². The molecule has 0 saturated heterocycles. The fourth-order valence-electron chi connectivity index (χ4n) is 3.23. The summed E-state index contributed by atoms with van der Waals surface area (Å²) in [5.41, 5.74) is 2.98. The van der Waals surface area contributed by atoms with Crippen molar-refractivity contribution in [3.63, 3.8) is 0 Å². The lowest BCUT2D eigenvalue weighted by Gasteiger charge is -2.15. The zero-order chi connectivity index (χ0) is 21.3. The van der Waals surface area contributed by atoms with E-state index in [4.69, 9.17) is 14.2 Å². The summed E-state index contributed by atoms with van der Waals surface area (Å²) in [5, 5.41) is 6.86. The van der Waals surface area contributed by atoms with Gasteiger partial charge in [0.1, 0.15) is 6.33 Å². The number of aryl methyl sites for hydroxylation is 2. The maximum atomic E-state index is 12.4. The number of fused-ring (bicyclic) bond motifs is 2.